The van der Waals surface area contributed by atoms with Gasteiger partial charge in [0.1, 0.15) is 11.8 Å². The Hall–Kier alpha value is -2.27. The average Bonchev–Trinajstić information content (AvgIpc) is 2.36. The van der Waals surface area contributed by atoms with E-state index >= 15 is 0 Å². The Labute approximate surface area is 112 Å². The molecule has 0 spiro atoms. The molecule has 0 heterocycles. The standard InChI is InChI=1S/C12H10F3NO4/c1-2-19-11(18)9-4-10(20-12(13,14)15)7(5-16)3-8(9)6-17/h3-4,17H,2,6H2,1H3. The number of nitriles is 1. The van der Waals surface area contributed by atoms with Crippen molar-refractivity contribution in [3.63, 3.8) is 0 Å². The number of aliphatic hydroxyl groups is 1. The third-order valence-corrected chi connectivity index (χ3v) is 2.22. The van der Waals surface area contributed by atoms with E-state index in [1.807, 2.05) is 0 Å². The molecule has 0 aromatic heterocycles. The molecule has 1 rings (SSSR count). The Morgan fingerprint density at radius 2 is 2.10 bits per heavy atom. The number of benzene rings is 1. The van der Waals surface area contributed by atoms with Crippen LogP contribution in [-0.4, -0.2) is 24.0 Å². The second-order valence-electron chi connectivity index (χ2n) is 3.54. The maximum atomic E-state index is 12.2. The molecule has 0 atom stereocenters. The first-order valence-electron chi connectivity index (χ1n) is 5.43. The molecule has 0 saturated carbocycles. The Morgan fingerprint density at radius 1 is 1.45 bits per heavy atom. The van der Waals surface area contributed by atoms with Crippen molar-refractivity contribution in [1.29, 1.82) is 5.26 Å². The maximum absolute atomic E-state index is 12.2. The Balaban J connectivity index is 3.34. The monoisotopic (exact) mass is 289 g/mol. The smallest absolute Gasteiger partial charge is 0.462 e. The molecule has 0 bridgehead atoms. The lowest BCUT2D eigenvalue weighted by atomic mass is 10.0. The van der Waals surface area contributed by atoms with Gasteiger partial charge in [0.25, 0.3) is 0 Å². The quantitative estimate of drug-likeness (QED) is 0.859. The van der Waals surface area contributed by atoms with Crippen molar-refractivity contribution in [2.24, 2.45) is 0 Å². The topological polar surface area (TPSA) is 79.5 Å². The van der Waals surface area contributed by atoms with Crippen LogP contribution in [0, 0.1) is 11.3 Å². The van der Waals surface area contributed by atoms with E-state index < -0.39 is 30.3 Å². The molecule has 1 aromatic rings. The summed E-state index contributed by atoms with van der Waals surface area (Å²) in [4.78, 5) is 11.6. The third-order valence-electron chi connectivity index (χ3n) is 2.22. The lowest BCUT2D eigenvalue weighted by molar-refractivity contribution is -0.274. The number of hydrogen-bond acceptors (Lipinski definition) is 5. The van der Waals surface area contributed by atoms with Gasteiger partial charge in [-0.15, -0.1) is 13.2 Å². The van der Waals surface area contributed by atoms with Crippen LogP contribution < -0.4 is 4.74 Å². The third kappa shape index (κ3) is 3.86. The minimum atomic E-state index is -5.00. The molecule has 0 unspecified atom stereocenters. The molecule has 0 aliphatic rings. The van der Waals surface area contributed by atoms with Crippen LogP contribution in [0.5, 0.6) is 5.75 Å². The van der Waals surface area contributed by atoms with Gasteiger partial charge >= 0.3 is 12.3 Å². The summed E-state index contributed by atoms with van der Waals surface area (Å²) in [7, 11) is 0. The summed E-state index contributed by atoms with van der Waals surface area (Å²) in [5.74, 6) is -1.73. The van der Waals surface area contributed by atoms with Crippen LogP contribution in [0.25, 0.3) is 0 Å². The minimum absolute atomic E-state index is 0.0131. The summed E-state index contributed by atoms with van der Waals surface area (Å²) in [6.45, 7) is 0.904. The number of carbonyl (C=O) groups excluding carboxylic acids is 1. The summed E-state index contributed by atoms with van der Waals surface area (Å²) < 4.78 is 45.0. The zero-order valence-electron chi connectivity index (χ0n) is 10.3. The molecule has 0 fully saturated rings. The predicted octanol–water partition coefficient (Wildman–Crippen LogP) is 2.13. The lowest BCUT2D eigenvalue weighted by Crippen LogP contribution is -2.19. The first kappa shape index (κ1) is 15.8. The van der Waals surface area contributed by atoms with Crippen LogP contribution in [0.4, 0.5) is 13.2 Å². The molecule has 5 nitrogen and oxygen atoms in total. The van der Waals surface area contributed by atoms with Crippen molar-refractivity contribution in [3.8, 4) is 11.8 Å². The molecule has 108 valence electrons. The van der Waals surface area contributed by atoms with E-state index in [0.29, 0.717) is 0 Å². The highest BCUT2D eigenvalue weighted by molar-refractivity contribution is 5.92. The van der Waals surface area contributed by atoms with Crippen molar-refractivity contribution >= 4 is 5.97 Å². The molecule has 1 N–H and O–H groups in total. The normalized spacial score (nSPS) is 10.8. The predicted molar refractivity (Wildman–Crippen MR) is 59.7 cm³/mol. The van der Waals surface area contributed by atoms with E-state index in [2.05, 4.69) is 9.47 Å². The van der Waals surface area contributed by atoms with Gasteiger partial charge in [0.2, 0.25) is 0 Å². The zero-order chi connectivity index (χ0) is 15.3. The summed E-state index contributed by atoms with van der Waals surface area (Å²) in [5, 5.41) is 17.9. The minimum Gasteiger partial charge on any atom is -0.462 e. The number of halogens is 3. The molecular formula is C12H10F3NO4. The van der Waals surface area contributed by atoms with Crippen LogP contribution >= 0.6 is 0 Å². The number of esters is 1. The van der Waals surface area contributed by atoms with Crippen LogP contribution in [0.3, 0.4) is 0 Å². The van der Waals surface area contributed by atoms with Gasteiger partial charge in [-0.2, -0.15) is 5.26 Å². The summed E-state index contributed by atoms with van der Waals surface area (Å²) >= 11 is 0. The average molecular weight is 289 g/mol. The molecule has 0 radical (unpaired) electrons. The summed E-state index contributed by atoms with van der Waals surface area (Å²) in [5.41, 5.74) is -0.749. The van der Waals surface area contributed by atoms with E-state index in [0.717, 1.165) is 12.1 Å². The molecule has 0 aliphatic carbocycles. The van der Waals surface area contributed by atoms with Crippen LogP contribution in [-0.2, 0) is 11.3 Å². The molecular weight excluding hydrogens is 279 g/mol. The van der Waals surface area contributed by atoms with E-state index in [1.54, 1.807) is 0 Å². The number of ether oxygens (including phenoxy) is 2. The van der Waals surface area contributed by atoms with Gasteiger partial charge < -0.3 is 14.6 Å². The number of carbonyl (C=O) groups is 1. The molecule has 0 amide bonds. The van der Waals surface area contributed by atoms with Crippen LogP contribution in [0.15, 0.2) is 12.1 Å². The van der Waals surface area contributed by atoms with E-state index in [9.17, 15) is 18.0 Å². The summed E-state index contributed by atoms with van der Waals surface area (Å²) in [6.07, 6.45) is -5.00. The fraction of sp³-hybridized carbons (Fsp3) is 0.333. The van der Waals surface area contributed by atoms with Crippen molar-refractivity contribution in [2.75, 3.05) is 6.61 Å². The molecule has 0 aliphatic heterocycles. The van der Waals surface area contributed by atoms with E-state index in [-0.39, 0.29) is 17.7 Å². The Bertz CT molecular complexity index is 549. The van der Waals surface area contributed by atoms with Gasteiger partial charge in [-0.3, -0.25) is 0 Å². The van der Waals surface area contributed by atoms with Crippen molar-refractivity contribution in [3.05, 3.63) is 28.8 Å². The van der Waals surface area contributed by atoms with Crippen molar-refractivity contribution < 1.29 is 32.5 Å². The van der Waals surface area contributed by atoms with Crippen LogP contribution in [0.1, 0.15) is 28.4 Å². The fourth-order valence-corrected chi connectivity index (χ4v) is 1.45. The van der Waals surface area contributed by atoms with Gasteiger partial charge in [0, 0.05) is 0 Å². The summed E-state index contributed by atoms with van der Waals surface area (Å²) in [6, 6.07) is 3.19. The first-order valence-corrected chi connectivity index (χ1v) is 5.43. The number of aliphatic hydroxyl groups excluding tert-OH is 1. The molecule has 8 heteroatoms. The first-order chi connectivity index (χ1) is 9.32. The van der Waals surface area contributed by atoms with Gasteiger partial charge in [-0.05, 0) is 24.6 Å². The van der Waals surface area contributed by atoms with Crippen LogP contribution in [0.2, 0.25) is 0 Å². The maximum Gasteiger partial charge on any atom is 0.573 e. The lowest BCUT2D eigenvalue weighted by Gasteiger charge is -2.13. The number of nitrogens with zero attached hydrogens (tertiary/aromatic N) is 1. The number of rotatable bonds is 4. The largest absolute Gasteiger partial charge is 0.573 e. The Morgan fingerprint density at radius 3 is 2.55 bits per heavy atom. The number of alkyl halides is 3. The second-order valence-corrected chi connectivity index (χ2v) is 3.54. The van der Waals surface area contributed by atoms with Crippen molar-refractivity contribution in [1.82, 2.24) is 0 Å². The number of hydrogen-bond donors (Lipinski definition) is 1. The Kier molecular flexibility index (Phi) is 4.94. The highest BCUT2D eigenvalue weighted by Gasteiger charge is 2.33. The van der Waals surface area contributed by atoms with E-state index in [1.165, 1.54) is 13.0 Å². The van der Waals surface area contributed by atoms with Crippen molar-refractivity contribution in [2.45, 2.75) is 19.9 Å². The molecule has 20 heavy (non-hydrogen) atoms. The zero-order valence-corrected chi connectivity index (χ0v) is 10.3. The van der Waals surface area contributed by atoms with Gasteiger partial charge in [-0.25, -0.2) is 4.79 Å². The fourth-order valence-electron chi connectivity index (χ4n) is 1.45. The van der Waals surface area contributed by atoms with E-state index in [4.69, 9.17) is 10.4 Å². The van der Waals surface area contributed by atoms with Gasteiger partial charge in [-0.1, -0.05) is 0 Å². The molecule has 0 saturated heterocycles. The molecule has 1 aromatic carbocycles. The van der Waals surface area contributed by atoms with Gasteiger partial charge in [0.05, 0.1) is 24.3 Å². The highest BCUT2D eigenvalue weighted by Crippen LogP contribution is 2.29. The SMILES string of the molecule is CCOC(=O)c1cc(OC(F)(F)F)c(C#N)cc1CO. The van der Waals surface area contributed by atoms with Gasteiger partial charge in [0.15, 0.2) is 0 Å². The highest BCUT2D eigenvalue weighted by atomic mass is 19.4. The second kappa shape index (κ2) is 6.25.